The maximum Gasteiger partial charge on any atom is 0.331 e. The second-order valence-corrected chi connectivity index (χ2v) is 2.95. The van der Waals surface area contributed by atoms with Crippen molar-refractivity contribution in [3.05, 3.63) is 24.3 Å². The second kappa shape index (κ2) is 12.0. The van der Waals surface area contributed by atoms with E-state index in [-0.39, 0.29) is 26.4 Å². The topological polar surface area (TPSA) is 61.8 Å². The summed E-state index contributed by atoms with van der Waals surface area (Å²) >= 11 is 0. The number of terminal acetylenes is 2. The molecule has 0 saturated carbocycles. The summed E-state index contributed by atoms with van der Waals surface area (Å²) in [5.74, 6) is 3.26. The van der Waals surface area contributed by atoms with Crippen molar-refractivity contribution < 1.29 is 23.8 Å². The van der Waals surface area contributed by atoms with Crippen LogP contribution in [0.3, 0.4) is 0 Å². The van der Waals surface area contributed by atoms with Gasteiger partial charge in [0.05, 0.1) is 13.2 Å². The Morgan fingerprint density at radius 3 is 1.63 bits per heavy atom. The third-order valence-electron chi connectivity index (χ3n) is 1.58. The lowest BCUT2D eigenvalue weighted by atomic mass is 10.5. The molecular formula is C14H14O5. The SMILES string of the molecule is C#C/C=C\C(=O)OCCOCCOC(=O)/C=C\C#C. The number of hydrogen-bond donors (Lipinski definition) is 0. The van der Waals surface area contributed by atoms with Crippen molar-refractivity contribution in [1.82, 2.24) is 0 Å². The van der Waals surface area contributed by atoms with Crippen LogP contribution in [0.25, 0.3) is 0 Å². The van der Waals surface area contributed by atoms with Crippen molar-refractivity contribution in [2.75, 3.05) is 26.4 Å². The first-order valence-electron chi connectivity index (χ1n) is 5.37. The summed E-state index contributed by atoms with van der Waals surface area (Å²) in [5.41, 5.74) is 0. The Morgan fingerprint density at radius 1 is 0.842 bits per heavy atom. The van der Waals surface area contributed by atoms with Gasteiger partial charge >= 0.3 is 11.9 Å². The predicted molar refractivity (Wildman–Crippen MR) is 68.7 cm³/mol. The lowest BCUT2D eigenvalue weighted by molar-refractivity contribution is -0.140. The van der Waals surface area contributed by atoms with Crippen LogP contribution in [0.15, 0.2) is 24.3 Å². The zero-order chi connectivity index (χ0) is 14.3. The zero-order valence-electron chi connectivity index (χ0n) is 10.3. The molecule has 0 spiro atoms. The van der Waals surface area contributed by atoms with E-state index in [1.54, 1.807) is 0 Å². The fourth-order valence-corrected chi connectivity index (χ4v) is 0.833. The standard InChI is InChI=1S/C14H14O5/c1-3-5-7-13(15)18-11-9-17-10-12-19-14(16)8-6-4-2/h1-2,5-8H,9-12H2/b7-5-,8-6-. The van der Waals surface area contributed by atoms with Crippen molar-refractivity contribution in [1.29, 1.82) is 0 Å². The zero-order valence-corrected chi connectivity index (χ0v) is 10.3. The van der Waals surface area contributed by atoms with E-state index in [4.69, 9.17) is 27.1 Å². The fourth-order valence-electron chi connectivity index (χ4n) is 0.833. The summed E-state index contributed by atoms with van der Waals surface area (Å²) in [6.07, 6.45) is 14.6. The monoisotopic (exact) mass is 262 g/mol. The Balaban J connectivity index is 3.42. The minimum atomic E-state index is -0.535. The van der Waals surface area contributed by atoms with Crippen LogP contribution in [-0.4, -0.2) is 38.4 Å². The molecule has 0 aliphatic heterocycles. The molecule has 0 unspecified atom stereocenters. The Hall–Kier alpha value is -2.50. The molecule has 0 aromatic carbocycles. The van der Waals surface area contributed by atoms with Gasteiger partial charge in [0.1, 0.15) is 13.2 Å². The molecule has 0 aliphatic carbocycles. The molecular weight excluding hydrogens is 248 g/mol. The molecule has 5 heteroatoms. The fraction of sp³-hybridized carbons (Fsp3) is 0.286. The highest BCUT2D eigenvalue weighted by Crippen LogP contribution is 1.85. The predicted octanol–water partition coefficient (Wildman–Crippen LogP) is 0.468. The molecule has 0 N–H and O–H groups in total. The van der Waals surface area contributed by atoms with Crippen molar-refractivity contribution in [2.24, 2.45) is 0 Å². The van der Waals surface area contributed by atoms with Crippen molar-refractivity contribution in [3.63, 3.8) is 0 Å². The van der Waals surface area contributed by atoms with Crippen LogP contribution < -0.4 is 0 Å². The first kappa shape index (κ1) is 16.5. The molecule has 0 amide bonds. The smallest absolute Gasteiger partial charge is 0.331 e. The summed E-state index contributed by atoms with van der Waals surface area (Å²) in [6, 6.07) is 0. The summed E-state index contributed by atoms with van der Waals surface area (Å²) in [7, 11) is 0. The maximum atomic E-state index is 10.9. The molecule has 0 bridgehead atoms. The normalized spacial score (nSPS) is 10.0. The second-order valence-electron chi connectivity index (χ2n) is 2.95. The molecule has 5 nitrogen and oxygen atoms in total. The van der Waals surface area contributed by atoms with Gasteiger partial charge < -0.3 is 14.2 Å². The van der Waals surface area contributed by atoms with E-state index in [2.05, 4.69) is 11.8 Å². The molecule has 0 atom stereocenters. The van der Waals surface area contributed by atoms with E-state index in [9.17, 15) is 9.59 Å². The quantitative estimate of drug-likeness (QED) is 0.275. The largest absolute Gasteiger partial charge is 0.460 e. The van der Waals surface area contributed by atoms with Gasteiger partial charge in [0.25, 0.3) is 0 Å². The summed E-state index contributed by atoms with van der Waals surface area (Å²) in [5, 5.41) is 0. The van der Waals surface area contributed by atoms with E-state index in [1.165, 1.54) is 12.2 Å². The van der Waals surface area contributed by atoms with Crippen molar-refractivity contribution in [3.8, 4) is 24.7 Å². The number of carbonyl (C=O) groups excluding carboxylic acids is 2. The highest BCUT2D eigenvalue weighted by Gasteiger charge is 1.98. The number of ether oxygens (including phenoxy) is 3. The van der Waals surface area contributed by atoms with E-state index in [0.29, 0.717) is 0 Å². The molecule has 100 valence electrons. The molecule has 19 heavy (non-hydrogen) atoms. The number of carbonyl (C=O) groups is 2. The van der Waals surface area contributed by atoms with Crippen molar-refractivity contribution in [2.45, 2.75) is 0 Å². The van der Waals surface area contributed by atoms with Gasteiger partial charge in [-0.15, -0.1) is 12.8 Å². The Morgan fingerprint density at radius 2 is 1.26 bits per heavy atom. The van der Waals surface area contributed by atoms with E-state index >= 15 is 0 Å². The van der Waals surface area contributed by atoms with Crippen LogP contribution in [0.2, 0.25) is 0 Å². The average Bonchev–Trinajstić information content (AvgIpc) is 2.41. The van der Waals surface area contributed by atoms with Gasteiger partial charge in [0, 0.05) is 12.2 Å². The van der Waals surface area contributed by atoms with Gasteiger partial charge in [0.2, 0.25) is 0 Å². The van der Waals surface area contributed by atoms with Gasteiger partial charge in [-0.25, -0.2) is 9.59 Å². The van der Waals surface area contributed by atoms with Crippen LogP contribution in [0.1, 0.15) is 0 Å². The third kappa shape index (κ3) is 11.8. The van der Waals surface area contributed by atoms with Crippen LogP contribution in [0, 0.1) is 24.7 Å². The first-order chi connectivity index (χ1) is 9.20. The summed E-state index contributed by atoms with van der Waals surface area (Å²) in [6.45, 7) is 0.595. The van der Waals surface area contributed by atoms with Gasteiger partial charge in [-0.3, -0.25) is 0 Å². The van der Waals surface area contributed by atoms with Gasteiger partial charge in [-0.05, 0) is 12.2 Å². The Bertz CT molecular complexity index is 380. The maximum absolute atomic E-state index is 10.9. The Kier molecular flexibility index (Phi) is 10.4. The average molecular weight is 262 g/mol. The van der Waals surface area contributed by atoms with E-state index in [0.717, 1.165) is 12.2 Å². The molecule has 0 heterocycles. The number of allylic oxidation sites excluding steroid dienone is 2. The first-order valence-corrected chi connectivity index (χ1v) is 5.37. The van der Waals surface area contributed by atoms with Crippen LogP contribution >= 0.6 is 0 Å². The highest BCUT2D eigenvalue weighted by atomic mass is 16.6. The van der Waals surface area contributed by atoms with E-state index < -0.39 is 11.9 Å². The summed E-state index contributed by atoms with van der Waals surface area (Å²) in [4.78, 5) is 21.9. The van der Waals surface area contributed by atoms with Crippen LogP contribution in [-0.2, 0) is 23.8 Å². The molecule has 0 saturated heterocycles. The molecule has 0 rings (SSSR count). The highest BCUT2D eigenvalue weighted by molar-refractivity contribution is 5.82. The third-order valence-corrected chi connectivity index (χ3v) is 1.58. The van der Waals surface area contributed by atoms with Crippen LogP contribution in [0.5, 0.6) is 0 Å². The molecule has 0 aliphatic rings. The summed E-state index contributed by atoms with van der Waals surface area (Å²) < 4.78 is 14.5. The number of esters is 2. The number of hydrogen-bond acceptors (Lipinski definition) is 5. The van der Waals surface area contributed by atoms with Gasteiger partial charge in [-0.2, -0.15) is 0 Å². The Labute approximate surface area is 112 Å². The minimum absolute atomic E-state index is 0.0959. The van der Waals surface area contributed by atoms with Gasteiger partial charge in [-0.1, -0.05) is 11.8 Å². The number of rotatable bonds is 8. The lowest BCUT2D eigenvalue weighted by Crippen LogP contribution is -2.13. The molecule has 0 aromatic heterocycles. The molecule has 0 aromatic rings. The van der Waals surface area contributed by atoms with E-state index in [1.807, 2.05) is 0 Å². The van der Waals surface area contributed by atoms with Gasteiger partial charge in [0.15, 0.2) is 0 Å². The van der Waals surface area contributed by atoms with Crippen LogP contribution in [0.4, 0.5) is 0 Å². The molecule has 0 fully saturated rings. The molecule has 0 radical (unpaired) electrons. The van der Waals surface area contributed by atoms with Crippen molar-refractivity contribution >= 4 is 11.9 Å². The minimum Gasteiger partial charge on any atom is -0.460 e. The lowest BCUT2D eigenvalue weighted by Gasteiger charge is -2.04.